The third-order valence-corrected chi connectivity index (χ3v) is 4.52. The van der Waals surface area contributed by atoms with Gasteiger partial charge in [0.2, 0.25) is 5.56 Å². The third-order valence-electron chi connectivity index (χ3n) is 4.52. The van der Waals surface area contributed by atoms with Crippen LogP contribution in [0.1, 0.15) is 13.8 Å². The number of aromatic nitrogens is 3. The molecule has 0 aliphatic carbocycles. The molecule has 0 saturated heterocycles. The van der Waals surface area contributed by atoms with Gasteiger partial charge in [-0.2, -0.15) is 5.10 Å². The minimum atomic E-state index is -0.175. The van der Waals surface area contributed by atoms with Crippen LogP contribution in [-0.2, 0) is 0 Å². The Morgan fingerprint density at radius 3 is 2.71 bits per heavy atom. The van der Waals surface area contributed by atoms with E-state index in [1.54, 1.807) is 6.07 Å². The van der Waals surface area contributed by atoms with E-state index in [2.05, 4.69) is 29.0 Å². The molecular formula is C22H22N4O2. The van der Waals surface area contributed by atoms with Gasteiger partial charge in [-0.1, -0.05) is 32.0 Å². The summed E-state index contributed by atoms with van der Waals surface area (Å²) in [5.41, 5.74) is 9.88. The van der Waals surface area contributed by atoms with E-state index in [4.69, 9.17) is 10.5 Å². The number of anilines is 1. The second-order valence-electron chi connectivity index (χ2n) is 7.22. The number of ether oxygens (including phenoxy) is 1. The predicted octanol–water partition coefficient (Wildman–Crippen LogP) is 4.20. The van der Waals surface area contributed by atoms with Crippen molar-refractivity contribution in [2.45, 2.75) is 13.8 Å². The Bertz CT molecular complexity index is 1190. The van der Waals surface area contributed by atoms with Gasteiger partial charge in [-0.05, 0) is 47.4 Å². The summed E-state index contributed by atoms with van der Waals surface area (Å²) in [7, 11) is 0. The molecule has 6 heteroatoms. The van der Waals surface area contributed by atoms with Gasteiger partial charge in [0.1, 0.15) is 5.75 Å². The molecule has 28 heavy (non-hydrogen) atoms. The van der Waals surface area contributed by atoms with Gasteiger partial charge in [0.25, 0.3) is 0 Å². The van der Waals surface area contributed by atoms with Crippen molar-refractivity contribution >= 4 is 16.7 Å². The molecule has 0 saturated carbocycles. The minimum Gasteiger partial charge on any atom is -0.493 e. The van der Waals surface area contributed by atoms with Gasteiger partial charge in [0.05, 0.1) is 17.8 Å². The largest absolute Gasteiger partial charge is 0.493 e. The molecule has 6 nitrogen and oxygen atoms in total. The minimum absolute atomic E-state index is 0.175. The van der Waals surface area contributed by atoms with Crippen molar-refractivity contribution in [1.82, 2.24) is 15.2 Å². The maximum atomic E-state index is 12.4. The molecule has 0 atom stereocenters. The number of rotatable bonds is 5. The molecule has 0 bridgehead atoms. The van der Waals surface area contributed by atoms with Crippen LogP contribution in [0.5, 0.6) is 5.75 Å². The zero-order chi connectivity index (χ0) is 19.7. The fourth-order valence-corrected chi connectivity index (χ4v) is 3.14. The van der Waals surface area contributed by atoms with Crippen molar-refractivity contribution < 1.29 is 4.74 Å². The Labute approximate surface area is 162 Å². The van der Waals surface area contributed by atoms with Crippen LogP contribution >= 0.6 is 0 Å². The molecule has 0 aliphatic rings. The summed E-state index contributed by atoms with van der Waals surface area (Å²) in [6.45, 7) is 4.81. The van der Waals surface area contributed by atoms with Crippen LogP contribution in [0, 0.1) is 5.92 Å². The average molecular weight is 374 g/mol. The van der Waals surface area contributed by atoms with E-state index in [0.717, 1.165) is 33.3 Å². The number of nitrogens with two attached hydrogens (primary N) is 1. The number of hydrogen-bond donors (Lipinski definition) is 3. The first kappa shape index (κ1) is 17.9. The molecule has 0 spiro atoms. The van der Waals surface area contributed by atoms with Crippen molar-refractivity contribution in [2.75, 3.05) is 12.3 Å². The lowest BCUT2D eigenvalue weighted by Crippen LogP contribution is -2.08. The molecule has 0 unspecified atom stereocenters. The van der Waals surface area contributed by atoms with Crippen molar-refractivity contribution in [2.24, 2.45) is 5.92 Å². The van der Waals surface area contributed by atoms with Gasteiger partial charge < -0.3 is 15.5 Å². The summed E-state index contributed by atoms with van der Waals surface area (Å²) >= 11 is 0. The van der Waals surface area contributed by atoms with E-state index in [1.807, 2.05) is 48.5 Å². The summed E-state index contributed by atoms with van der Waals surface area (Å²) in [4.78, 5) is 15.3. The second-order valence-corrected chi connectivity index (χ2v) is 7.22. The monoisotopic (exact) mass is 374 g/mol. The Hall–Kier alpha value is -3.54. The normalized spacial score (nSPS) is 11.2. The topological polar surface area (TPSA) is 96.8 Å². The number of benzene rings is 2. The Morgan fingerprint density at radius 1 is 1.07 bits per heavy atom. The zero-order valence-corrected chi connectivity index (χ0v) is 15.8. The number of fused-ring (bicyclic) bond motifs is 1. The van der Waals surface area contributed by atoms with Crippen molar-refractivity contribution in [3.63, 3.8) is 0 Å². The molecule has 0 radical (unpaired) electrons. The van der Waals surface area contributed by atoms with Gasteiger partial charge in [-0.25, -0.2) is 0 Å². The van der Waals surface area contributed by atoms with Crippen molar-refractivity contribution in [3.05, 3.63) is 65.0 Å². The first-order valence-electron chi connectivity index (χ1n) is 9.22. The third kappa shape index (κ3) is 3.49. The second kappa shape index (κ2) is 7.23. The van der Waals surface area contributed by atoms with Crippen molar-refractivity contribution in [1.29, 1.82) is 0 Å². The van der Waals surface area contributed by atoms with Gasteiger partial charge in [0.15, 0.2) is 5.82 Å². The molecule has 142 valence electrons. The summed E-state index contributed by atoms with van der Waals surface area (Å²) in [5.74, 6) is 1.60. The predicted molar refractivity (Wildman–Crippen MR) is 112 cm³/mol. The number of nitrogen functional groups attached to an aromatic ring is 1. The molecule has 4 aromatic rings. The van der Waals surface area contributed by atoms with Gasteiger partial charge in [-0.3, -0.25) is 9.89 Å². The average Bonchev–Trinajstić information content (AvgIpc) is 3.06. The number of nitrogens with one attached hydrogen (secondary N) is 2. The fourth-order valence-electron chi connectivity index (χ4n) is 3.14. The van der Waals surface area contributed by atoms with Crippen LogP contribution < -0.4 is 16.0 Å². The summed E-state index contributed by atoms with van der Waals surface area (Å²) in [5, 5.41) is 7.75. The van der Waals surface area contributed by atoms with Crippen LogP contribution in [0.3, 0.4) is 0 Å². The summed E-state index contributed by atoms with van der Waals surface area (Å²) < 4.78 is 5.95. The van der Waals surface area contributed by atoms with Crippen LogP contribution in [0.25, 0.3) is 33.3 Å². The molecule has 0 amide bonds. The fraction of sp³-hybridized carbons (Fsp3) is 0.182. The molecule has 4 rings (SSSR count). The number of pyridine rings is 1. The van der Waals surface area contributed by atoms with Gasteiger partial charge in [0, 0.05) is 17.0 Å². The molecule has 2 aromatic carbocycles. The van der Waals surface area contributed by atoms with Crippen LogP contribution in [0.15, 0.2) is 59.4 Å². The quantitative estimate of drug-likeness (QED) is 0.488. The SMILES string of the molecule is CC(C)COc1ccccc1-c1cc(-c2ccc3[nH]nc(N)c3c2)cc(=O)[nH]1. The standard InChI is InChI=1S/C22H22N4O2/c1-13(2)12-28-20-6-4-3-5-16(20)19-10-15(11-21(27)24-19)14-7-8-18-17(9-14)22(23)26-25-18/h3-11,13H,12H2,1-2H3,(H,24,27)(H3,23,25,26). The lowest BCUT2D eigenvalue weighted by molar-refractivity contribution is 0.272. The van der Waals surface area contributed by atoms with E-state index in [0.29, 0.717) is 24.0 Å². The first-order chi connectivity index (χ1) is 13.5. The van der Waals surface area contributed by atoms with Gasteiger partial charge >= 0.3 is 0 Å². The highest BCUT2D eigenvalue weighted by Gasteiger charge is 2.11. The number of H-pyrrole nitrogens is 2. The first-order valence-corrected chi connectivity index (χ1v) is 9.22. The Balaban J connectivity index is 1.79. The highest BCUT2D eigenvalue weighted by molar-refractivity contribution is 5.92. The lowest BCUT2D eigenvalue weighted by Gasteiger charge is -2.14. The van der Waals surface area contributed by atoms with E-state index in [1.165, 1.54) is 0 Å². The number of aromatic amines is 2. The lowest BCUT2D eigenvalue weighted by atomic mass is 10.0. The molecule has 0 aliphatic heterocycles. The van der Waals surface area contributed by atoms with Crippen LogP contribution in [-0.4, -0.2) is 21.8 Å². The van der Waals surface area contributed by atoms with Crippen molar-refractivity contribution in [3.8, 4) is 28.1 Å². The number of hydrogen-bond acceptors (Lipinski definition) is 4. The number of nitrogens with zero attached hydrogens (tertiary/aromatic N) is 1. The van der Waals surface area contributed by atoms with E-state index in [9.17, 15) is 4.79 Å². The van der Waals surface area contributed by atoms with Crippen LogP contribution in [0.4, 0.5) is 5.82 Å². The molecule has 4 N–H and O–H groups in total. The molecule has 2 heterocycles. The van der Waals surface area contributed by atoms with E-state index < -0.39 is 0 Å². The molecular weight excluding hydrogens is 352 g/mol. The zero-order valence-electron chi connectivity index (χ0n) is 15.8. The molecule has 0 fully saturated rings. The van der Waals surface area contributed by atoms with Gasteiger partial charge in [-0.15, -0.1) is 0 Å². The smallest absolute Gasteiger partial charge is 0.249 e. The van der Waals surface area contributed by atoms with Crippen LogP contribution in [0.2, 0.25) is 0 Å². The maximum absolute atomic E-state index is 12.4. The van der Waals surface area contributed by atoms with E-state index >= 15 is 0 Å². The van der Waals surface area contributed by atoms with E-state index in [-0.39, 0.29) is 5.56 Å². The highest BCUT2D eigenvalue weighted by atomic mass is 16.5. The number of para-hydroxylation sites is 1. The summed E-state index contributed by atoms with van der Waals surface area (Å²) in [6, 6.07) is 17.1. The highest BCUT2D eigenvalue weighted by Crippen LogP contribution is 2.32. The molecule has 2 aromatic heterocycles. The Kier molecular flexibility index (Phi) is 4.61. The summed E-state index contributed by atoms with van der Waals surface area (Å²) in [6.07, 6.45) is 0. The maximum Gasteiger partial charge on any atom is 0.249 e. The Morgan fingerprint density at radius 2 is 1.89 bits per heavy atom.